The van der Waals surface area contributed by atoms with Gasteiger partial charge in [-0.05, 0) is 43.5 Å². The molecule has 0 fully saturated rings. The van der Waals surface area contributed by atoms with Crippen molar-refractivity contribution in [1.82, 2.24) is 0 Å². The minimum absolute atomic E-state index is 0.571. The van der Waals surface area contributed by atoms with Crippen LogP contribution in [-0.4, -0.2) is 8.32 Å². The average molecular weight is 297 g/mol. The molecule has 0 amide bonds. The Kier molecular flexibility index (Phi) is 10.9. The largest absolute Gasteiger partial charge is 0.549 e. The van der Waals surface area contributed by atoms with Gasteiger partial charge < -0.3 is 4.43 Å². The number of hydrogen-bond donors (Lipinski definition) is 0. The van der Waals surface area contributed by atoms with Crippen molar-refractivity contribution in [3.05, 3.63) is 24.0 Å². The van der Waals surface area contributed by atoms with Crippen molar-refractivity contribution in [2.24, 2.45) is 5.92 Å². The lowest BCUT2D eigenvalue weighted by Gasteiger charge is -2.27. The highest BCUT2D eigenvalue weighted by Gasteiger charge is 2.29. The van der Waals surface area contributed by atoms with Gasteiger partial charge in [0.2, 0.25) is 8.32 Å². The molecular formula is C18H36OSi. The Morgan fingerprint density at radius 2 is 1.60 bits per heavy atom. The van der Waals surface area contributed by atoms with Crippen LogP contribution in [0.15, 0.2) is 24.0 Å². The Bertz CT molecular complexity index is 282. The summed E-state index contributed by atoms with van der Waals surface area (Å²) in [6, 6.07) is 3.65. The van der Waals surface area contributed by atoms with Crippen LogP contribution >= 0.6 is 0 Å². The summed E-state index contributed by atoms with van der Waals surface area (Å²) in [7, 11) is -1.48. The second-order valence-electron chi connectivity index (χ2n) is 5.63. The first kappa shape index (κ1) is 19.5. The average Bonchev–Trinajstić information content (AvgIpc) is 2.49. The van der Waals surface area contributed by atoms with Crippen LogP contribution in [0.1, 0.15) is 67.2 Å². The van der Waals surface area contributed by atoms with E-state index in [4.69, 9.17) is 4.43 Å². The van der Waals surface area contributed by atoms with E-state index in [-0.39, 0.29) is 0 Å². The molecule has 0 aliphatic rings. The van der Waals surface area contributed by atoms with E-state index in [2.05, 4.69) is 53.7 Å². The van der Waals surface area contributed by atoms with Crippen molar-refractivity contribution in [1.29, 1.82) is 0 Å². The van der Waals surface area contributed by atoms with Crippen LogP contribution in [0.25, 0.3) is 0 Å². The molecule has 0 aromatic rings. The van der Waals surface area contributed by atoms with Crippen LogP contribution in [0.3, 0.4) is 0 Å². The van der Waals surface area contributed by atoms with Crippen molar-refractivity contribution in [2.45, 2.75) is 85.4 Å². The predicted octanol–water partition coefficient (Wildman–Crippen LogP) is 6.68. The first-order valence-corrected chi connectivity index (χ1v) is 11.2. The quantitative estimate of drug-likeness (QED) is 0.234. The van der Waals surface area contributed by atoms with Gasteiger partial charge in [0.1, 0.15) is 0 Å². The van der Waals surface area contributed by atoms with Crippen molar-refractivity contribution in [2.75, 3.05) is 0 Å². The van der Waals surface area contributed by atoms with Gasteiger partial charge in [0.05, 0.1) is 6.26 Å². The van der Waals surface area contributed by atoms with Crippen molar-refractivity contribution < 1.29 is 4.43 Å². The third-order valence-electron chi connectivity index (χ3n) is 4.51. The molecule has 0 aliphatic heterocycles. The molecule has 1 nitrogen and oxygen atoms in total. The summed E-state index contributed by atoms with van der Waals surface area (Å²) >= 11 is 0. The van der Waals surface area contributed by atoms with Crippen LogP contribution in [-0.2, 0) is 4.43 Å². The highest BCUT2D eigenvalue weighted by molar-refractivity contribution is 6.73. The minimum Gasteiger partial charge on any atom is -0.549 e. The summed E-state index contributed by atoms with van der Waals surface area (Å²) in [5, 5.41) is 0. The molecule has 1 atom stereocenters. The lowest BCUT2D eigenvalue weighted by atomic mass is 9.92. The summed E-state index contributed by atoms with van der Waals surface area (Å²) < 4.78 is 6.26. The maximum atomic E-state index is 6.26. The van der Waals surface area contributed by atoms with Gasteiger partial charge in [0.25, 0.3) is 0 Å². The van der Waals surface area contributed by atoms with Gasteiger partial charge >= 0.3 is 0 Å². The first-order valence-electron chi connectivity index (χ1n) is 8.66. The van der Waals surface area contributed by atoms with Crippen LogP contribution < -0.4 is 0 Å². The lowest BCUT2D eigenvalue weighted by Crippen LogP contribution is -2.33. The molecule has 1 unspecified atom stereocenters. The highest BCUT2D eigenvalue weighted by atomic mass is 28.4. The van der Waals surface area contributed by atoms with E-state index < -0.39 is 8.32 Å². The van der Waals surface area contributed by atoms with Crippen LogP contribution in [0.4, 0.5) is 0 Å². The van der Waals surface area contributed by atoms with Crippen molar-refractivity contribution in [3.8, 4) is 0 Å². The maximum absolute atomic E-state index is 6.26. The molecule has 20 heavy (non-hydrogen) atoms. The molecule has 118 valence electrons. The number of hydrogen-bond acceptors (Lipinski definition) is 1. The molecule has 0 saturated heterocycles. The standard InChI is InChI=1S/C18H36OSi/c1-7-13-17(9-3)18(14-8-2)15-16-19-20(10-4,11-5)12-6/h13,15-16,18H,7-12,14H2,1-6H3/b16-15-,17-13+. The summed E-state index contributed by atoms with van der Waals surface area (Å²) in [6.07, 6.45) is 11.5. The summed E-state index contributed by atoms with van der Waals surface area (Å²) in [5.41, 5.74) is 1.57. The van der Waals surface area contributed by atoms with E-state index >= 15 is 0 Å². The highest BCUT2D eigenvalue weighted by Crippen LogP contribution is 2.25. The minimum atomic E-state index is -1.48. The molecule has 0 N–H and O–H groups in total. The maximum Gasteiger partial charge on any atom is 0.249 e. The van der Waals surface area contributed by atoms with Crippen molar-refractivity contribution in [3.63, 3.8) is 0 Å². The molecule has 0 rings (SSSR count). The Hall–Kier alpha value is -0.503. The predicted molar refractivity (Wildman–Crippen MR) is 94.5 cm³/mol. The number of allylic oxidation sites excluding steroid dienone is 3. The Morgan fingerprint density at radius 3 is 2.00 bits per heavy atom. The monoisotopic (exact) mass is 296 g/mol. The summed E-state index contributed by atoms with van der Waals surface area (Å²) in [4.78, 5) is 0. The normalized spacial score (nSPS) is 14.8. The van der Waals surface area contributed by atoms with Crippen LogP contribution in [0, 0.1) is 5.92 Å². The third kappa shape index (κ3) is 6.30. The topological polar surface area (TPSA) is 9.23 Å². The SMILES string of the molecule is CC/C=C(\CC)C(/C=C\O[Si](CC)(CC)CC)CCC. The molecule has 0 aromatic heterocycles. The van der Waals surface area contributed by atoms with Gasteiger partial charge in [-0.25, -0.2) is 0 Å². The lowest BCUT2D eigenvalue weighted by molar-refractivity contribution is 0.450. The van der Waals surface area contributed by atoms with Crippen LogP contribution in [0.5, 0.6) is 0 Å². The molecular weight excluding hydrogens is 260 g/mol. The fraction of sp³-hybridized carbons (Fsp3) is 0.778. The molecule has 0 heterocycles. The van der Waals surface area contributed by atoms with Gasteiger partial charge in [0, 0.05) is 5.92 Å². The molecule has 0 aliphatic carbocycles. The molecule has 2 heteroatoms. The second-order valence-corrected chi connectivity index (χ2v) is 10.3. The second kappa shape index (κ2) is 11.2. The Balaban J connectivity index is 4.81. The smallest absolute Gasteiger partial charge is 0.249 e. The van der Waals surface area contributed by atoms with Crippen LogP contribution in [0.2, 0.25) is 18.1 Å². The zero-order valence-electron chi connectivity index (χ0n) is 14.7. The molecule has 0 radical (unpaired) electrons. The molecule has 0 aromatic carbocycles. The van der Waals surface area contributed by atoms with Gasteiger partial charge in [-0.2, -0.15) is 0 Å². The zero-order chi connectivity index (χ0) is 15.4. The fourth-order valence-corrected chi connectivity index (χ4v) is 5.18. The van der Waals surface area contributed by atoms with Gasteiger partial charge in [-0.1, -0.05) is 59.6 Å². The Labute approximate surface area is 128 Å². The zero-order valence-corrected chi connectivity index (χ0v) is 15.7. The third-order valence-corrected chi connectivity index (χ3v) is 9.01. The first-order chi connectivity index (χ1) is 9.62. The van der Waals surface area contributed by atoms with Gasteiger partial charge in [-0.15, -0.1) is 0 Å². The van der Waals surface area contributed by atoms with E-state index in [1.54, 1.807) is 5.57 Å². The molecule has 0 spiro atoms. The van der Waals surface area contributed by atoms with E-state index in [0.717, 1.165) is 12.8 Å². The van der Waals surface area contributed by atoms with E-state index in [1.807, 2.05) is 6.26 Å². The summed E-state index contributed by atoms with van der Waals surface area (Å²) in [6.45, 7) is 13.6. The molecule has 0 saturated carbocycles. The fourth-order valence-electron chi connectivity index (χ4n) is 2.81. The van der Waals surface area contributed by atoms with E-state index in [9.17, 15) is 0 Å². The van der Waals surface area contributed by atoms with Gasteiger partial charge in [-0.3, -0.25) is 0 Å². The number of rotatable bonds is 11. The van der Waals surface area contributed by atoms with E-state index in [0.29, 0.717) is 5.92 Å². The summed E-state index contributed by atoms with van der Waals surface area (Å²) in [5.74, 6) is 0.571. The van der Waals surface area contributed by atoms with Gasteiger partial charge in [0.15, 0.2) is 0 Å². The van der Waals surface area contributed by atoms with E-state index in [1.165, 1.54) is 31.0 Å². The molecule has 0 bridgehead atoms. The Morgan fingerprint density at radius 1 is 1.00 bits per heavy atom. The van der Waals surface area contributed by atoms with Crippen molar-refractivity contribution >= 4 is 8.32 Å².